The van der Waals surface area contributed by atoms with E-state index >= 15 is 0 Å². The van der Waals surface area contributed by atoms with Gasteiger partial charge in [-0.1, -0.05) is 24.3 Å². The van der Waals surface area contributed by atoms with E-state index in [0.29, 0.717) is 11.4 Å². The zero-order valence-corrected chi connectivity index (χ0v) is 15.4. The molecule has 0 spiro atoms. The van der Waals surface area contributed by atoms with Crippen molar-refractivity contribution in [2.45, 2.75) is 27.3 Å². The van der Waals surface area contributed by atoms with Crippen LogP contribution in [0.15, 0.2) is 58.3 Å². The van der Waals surface area contributed by atoms with Gasteiger partial charge >= 0.3 is 5.69 Å². The first-order valence-electron chi connectivity index (χ1n) is 8.48. The van der Waals surface area contributed by atoms with Crippen molar-refractivity contribution in [3.05, 3.63) is 86.2 Å². The van der Waals surface area contributed by atoms with Crippen LogP contribution >= 0.6 is 0 Å². The van der Waals surface area contributed by atoms with Gasteiger partial charge in [0.1, 0.15) is 6.20 Å². The number of aromatic nitrogens is 3. The lowest BCUT2D eigenvalue weighted by Gasteiger charge is -2.11. The summed E-state index contributed by atoms with van der Waals surface area (Å²) in [5.74, 6) is -0.216. The number of rotatable bonds is 4. The van der Waals surface area contributed by atoms with Crippen LogP contribution in [0.1, 0.15) is 23.6 Å². The molecule has 3 aromatic rings. The molecule has 138 valence electrons. The molecular weight excluding hydrogens is 344 g/mol. The molecular formula is C20H20N4O3. The number of carbonyl (C=O) groups excluding carboxylic acids is 1. The molecule has 2 aromatic carbocycles. The van der Waals surface area contributed by atoms with Gasteiger partial charge in [0.2, 0.25) is 5.91 Å². The fourth-order valence-electron chi connectivity index (χ4n) is 2.76. The molecule has 0 aliphatic heterocycles. The van der Waals surface area contributed by atoms with Crippen LogP contribution in [0.4, 0.5) is 5.69 Å². The Hall–Kier alpha value is -3.48. The van der Waals surface area contributed by atoms with Crippen molar-refractivity contribution in [2.24, 2.45) is 0 Å². The second-order valence-corrected chi connectivity index (χ2v) is 6.41. The molecule has 1 amide bonds. The molecule has 0 saturated carbocycles. The molecule has 7 heteroatoms. The summed E-state index contributed by atoms with van der Waals surface area (Å²) in [4.78, 5) is 36.3. The second kappa shape index (κ2) is 7.41. The predicted molar refractivity (Wildman–Crippen MR) is 103 cm³/mol. The third-order valence-electron chi connectivity index (χ3n) is 4.28. The van der Waals surface area contributed by atoms with E-state index in [1.807, 2.05) is 32.0 Å². The van der Waals surface area contributed by atoms with Crippen molar-refractivity contribution in [1.82, 2.24) is 14.3 Å². The van der Waals surface area contributed by atoms with Crippen LogP contribution in [0.3, 0.4) is 0 Å². The van der Waals surface area contributed by atoms with Gasteiger partial charge in [-0.25, -0.2) is 4.79 Å². The summed E-state index contributed by atoms with van der Waals surface area (Å²) in [7, 11) is 0. The highest BCUT2D eigenvalue weighted by molar-refractivity contribution is 5.88. The van der Waals surface area contributed by atoms with Crippen molar-refractivity contribution in [2.75, 3.05) is 5.32 Å². The monoisotopic (exact) mass is 364 g/mol. The Morgan fingerprint density at radius 2 is 1.85 bits per heavy atom. The van der Waals surface area contributed by atoms with Crippen molar-refractivity contribution in [1.29, 1.82) is 0 Å². The lowest BCUT2D eigenvalue weighted by molar-refractivity contribution is -0.114. The van der Waals surface area contributed by atoms with Crippen molar-refractivity contribution >= 4 is 11.6 Å². The van der Waals surface area contributed by atoms with E-state index in [1.54, 1.807) is 24.3 Å². The smallest absolute Gasteiger partial charge is 0.326 e. The van der Waals surface area contributed by atoms with Gasteiger partial charge in [-0.15, -0.1) is 0 Å². The van der Waals surface area contributed by atoms with Gasteiger partial charge < -0.3 is 5.32 Å². The van der Waals surface area contributed by atoms with Crippen LogP contribution in [0, 0.1) is 13.8 Å². The highest BCUT2D eigenvalue weighted by Gasteiger charge is 2.10. The van der Waals surface area contributed by atoms with Crippen LogP contribution in [0.2, 0.25) is 0 Å². The molecule has 1 N–H and O–H groups in total. The van der Waals surface area contributed by atoms with Gasteiger partial charge in [-0.3, -0.25) is 14.2 Å². The van der Waals surface area contributed by atoms with Crippen molar-refractivity contribution < 1.29 is 4.79 Å². The van der Waals surface area contributed by atoms with E-state index in [2.05, 4.69) is 10.4 Å². The lowest BCUT2D eigenvalue weighted by Crippen LogP contribution is -2.40. The van der Waals surface area contributed by atoms with Crippen LogP contribution < -0.4 is 16.6 Å². The first-order valence-corrected chi connectivity index (χ1v) is 8.48. The fraction of sp³-hybridized carbons (Fsp3) is 0.200. The number of hydrogen-bond acceptors (Lipinski definition) is 4. The second-order valence-electron chi connectivity index (χ2n) is 6.41. The van der Waals surface area contributed by atoms with E-state index in [4.69, 9.17) is 0 Å². The highest BCUT2D eigenvalue weighted by atomic mass is 16.2. The number of anilines is 1. The molecule has 1 aromatic heterocycles. The topological polar surface area (TPSA) is 86.0 Å². The number of aryl methyl sites for hydroxylation is 2. The number of hydrogen-bond donors (Lipinski definition) is 1. The Bertz CT molecular complexity index is 1130. The molecule has 0 saturated heterocycles. The Morgan fingerprint density at radius 3 is 2.56 bits per heavy atom. The highest BCUT2D eigenvalue weighted by Crippen LogP contribution is 2.13. The summed E-state index contributed by atoms with van der Waals surface area (Å²) in [5, 5.41) is 6.62. The number of benzene rings is 2. The van der Waals surface area contributed by atoms with Crippen molar-refractivity contribution in [3.8, 4) is 5.69 Å². The zero-order valence-electron chi connectivity index (χ0n) is 15.4. The van der Waals surface area contributed by atoms with E-state index in [1.165, 1.54) is 6.92 Å². The maximum atomic E-state index is 12.9. The third kappa shape index (κ3) is 4.03. The minimum atomic E-state index is -0.541. The van der Waals surface area contributed by atoms with E-state index in [-0.39, 0.29) is 12.5 Å². The van der Waals surface area contributed by atoms with Gasteiger partial charge in [0.25, 0.3) is 5.56 Å². The van der Waals surface area contributed by atoms with Crippen LogP contribution in [0.25, 0.3) is 5.69 Å². The van der Waals surface area contributed by atoms with Gasteiger partial charge in [-0.2, -0.15) is 9.78 Å². The van der Waals surface area contributed by atoms with Crippen LogP contribution in [-0.4, -0.2) is 20.3 Å². The number of nitrogens with zero attached hydrogens (tertiary/aromatic N) is 3. The summed E-state index contributed by atoms with van der Waals surface area (Å²) in [6, 6.07) is 12.5. The summed E-state index contributed by atoms with van der Waals surface area (Å²) in [5.41, 5.74) is 3.10. The van der Waals surface area contributed by atoms with Gasteiger partial charge in [0, 0.05) is 12.6 Å². The summed E-state index contributed by atoms with van der Waals surface area (Å²) >= 11 is 0. The number of carbonyl (C=O) groups is 1. The minimum absolute atomic E-state index is 0.159. The maximum absolute atomic E-state index is 12.9. The standard InChI is InChI=1S/C20H20N4O3/c1-13-7-8-16(9-14(13)2)12-23-19(26)11-21-24(20(23)27)18-6-4-5-17(10-18)22-15(3)25/h4-11H,12H2,1-3H3,(H,22,25). The van der Waals surface area contributed by atoms with Gasteiger partial charge in [0.15, 0.2) is 0 Å². The lowest BCUT2D eigenvalue weighted by atomic mass is 10.1. The SMILES string of the molecule is CC(=O)Nc1cccc(-n2ncc(=O)n(Cc3ccc(C)c(C)c3)c2=O)c1. The molecule has 0 fully saturated rings. The van der Waals surface area contributed by atoms with Gasteiger partial charge in [-0.05, 0) is 48.7 Å². The van der Waals surface area contributed by atoms with E-state index in [0.717, 1.165) is 32.1 Å². The Morgan fingerprint density at radius 1 is 1.07 bits per heavy atom. The number of nitrogens with one attached hydrogen (secondary N) is 1. The molecule has 1 heterocycles. The average molecular weight is 364 g/mol. The molecule has 0 unspecified atom stereocenters. The summed E-state index contributed by atoms with van der Waals surface area (Å²) in [6.45, 7) is 5.56. The van der Waals surface area contributed by atoms with Crippen LogP contribution in [0.5, 0.6) is 0 Å². The third-order valence-corrected chi connectivity index (χ3v) is 4.28. The molecule has 7 nitrogen and oxygen atoms in total. The average Bonchev–Trinajstić information content (AvgIpc) is 2.61. The Balaban J connectivity index is 2.03. The minimum Gasteiger partial charge on any atom is -0.326 e. The summed E-state index contributed by atoms with van der Waals surface area (Å²) < 4.78 is 2.29. The number of amides is 1. The molecule has 0 radical (unpaired) electrons. The Labute approximate surface area is 155 Å². The largest absolute Gasteiger partial charge is 0.352 e. The molecule has 0 atom stereocenters. The van der Waals surface area contributed by atoms with E-state index in [9.17, 15) is 14.4 Å². The van der Waals surface area contributed by atoms with Crippen LogP contribution in [-0.2, 0) is 11.3 Å². The molecule has 27 heavy (non-hydrogen) atoms. The molecule has 0 bridgehead atoms. The molecule has 3 rings (SSSR count). The Kier molecular flexibility index (Phi) is 5.03. The maximum Gasteiger partial charge on any atom is 0.352 e. The fourth-order valence-corrected chi connectivity index (χ4v) is 2.76. The molecule has 0 aliphatic rings. The van der Waals surface area contributed by atoms with Gasteiger partial charge in [0.05, 0.1) is 12.2 Å². The quantitative estimate of drug-likeness (QED) is 0.767. The zero-order chi connectivity index (χ0) is 19.6. The molecule has 0 aliphatic carbocycles. The first kappa shape index (κ1) is 18.3. The van der Waals surface area contributed by atoms with E-state index < -0.39 is 11.2 Å². The predicted octanol–water partition coefficient (Wildman–Crippen LogP) is 2.02. The summed E-state index contributed by atoms with van der Waals surface area (Å²) in [6.07, 6.45) is 1.12. The normalized spacial score (nSPS) is 10.6. The first-order chi connectivity index (χ1) is 12.8. The van der Waals surface area contributed by atoms with Crippen molar-refractivity contribution in [3.63, 3.8) is 0 Å².